The lowest BCUT2D eigenvalue weighted by Crippen LogP contribution is -2.24. The van der Waals surface area contributed by atoms with Gasteiger partial charge in [0.15, 0.2) is 0 Å². The highest BCUT2D eigenvalue weighted by Crippen LogP contribution is 2.29. The molecule has 1 atom stereocenters. The van der Waals surface area contributed by atoms with Gasteiger partial charge in [0.25, 0.3) is 5.91 Å². The minimum absolute atomic E-state index is 0.120. The third-order valence-corrected chi connectivity index (χ3v) is 7.10. The normalized spacial score (nSPS) is 11.7. The van der Waals surface area contributed by atoms with Crippen molar-refractivity contribution in [2.45, 2.75) is 35.6 Å². The Kier molecular flexibility index (Phi) is 8.77. The minimum atomic E-state index is -0.301. The van der Waals surface area contributed by atoms with Crippen molar-refractivity contribution in [1.82, 2.24) is 9.36 Å². The molecule has 31 heavy (non-hydrogen) atoms. The van der Waals surface area contributed by atoms with Gasteiger partial charge in [0.2, 0.25) is 16.2 Å². The predicted molar refractivity (Wildman–Crippen MR) is 131 cm³/mol. The van der Waals surface area contributed by atoms with Gasteiger partial charge in [0, 0.05) is 32.7 Å². The number of carbonyl (C=O) groups excluding carboxylic acids is 2. The largest absolute Gasteiger partial charge is 0.322 e. The van der Waals surface area contributed by atoms with E-state index in [-0.39, 0.29) is 17.1 Å². The zero-order chi connectivity index (χ0) is 22.2. The van der Waals surface area contributed by atoms with Crippen LogP contribution in [-0.2, 0) is 4.79 Å². The maximum atomic E-state index is 12.7. The van der Waals surface area contributed by atoms with Crippen molar-refractivity contribution in [3.8, 4) is 0 Å². The SMILES string of the molecule is CCSc1nsc(NC(=O)C(CC)Sc2cccc(NC(=O)c3cccc(Cl)c3)c2)n1. The molecule has 0 aliphatic rings. The number of nitrogens with zero attached hydrogens (tertiary/aromatic N) is 2. The molecule has 0 aliphatic heterocycles. The summed E-state index contributed by atoms with van der Waals surface area (Å²) in [5.41, 5.74) is 1.13. The fourth-order valence-electron chi connectivity index (χ4n) is 2.60. The molecule has 1 aromatic heterocycles. The van der Waals surface area contributed by atoms with Gasteiger partial charge in [0.1, 0.15) is 0 Å². The Labute approximate surface area is 198 Å². The van der Waals surface area contributed by atoms with E-state index in [9.17, 15) is 9.59 Å². The smallest absolute Gasteiger partial charge is 0.255 e. The monoisotopic (exact) mass is 492 g/mol. The zero-order valence-corrected chi connectivity index (χ0v) is 20.1. The molecule has 2 aromatic carbocycles. The Morgan fingerprint density at radius 1 is 1.13 bits per heavy atom. The van der Waals surface area contributed by atoms with Gasteiger partial charge in [-0.3, -0.25) is 14.9 Å². The molecule has 1 heterocycles. The number of nitrogens with one attached hydrogen (secondary N) is 2. The number of anilines is 2. The molecule has 10 heteroatoms. The second kappa shape index (κ2) is 11.5. The molecule has 0 aliphatic carbocycles. The number of thioether (sulfide) groups is 2. The van der Waals surface area contributed by atoms with E-state index in [0.29, 0.717) is 33.0 Å². The number of aromatic nitrogens is 2. The second-order valence-electron chi connectivity index (χ2n) is 6.31. The number of hydrogen-bond acceptors (Lipinski definition) is 7. The van der Waals surface area contributed by atoms with E-state index in [1.807, 2.05) is 38.1 Å². The van der Waals surface area contributed by atoms with Gasteiger partial charge >= 0.3 is 0 Å². The van der Waals surface area contributed by atoms with Gasteiger partial charge < -0.3 is 5.32 Å². The highest BCUT2D eigenvalue weighted by Gasteiger charge is 2.20. The van der Waals surface area contributed by atoms with Crippen LogP contribution in [0.4, 0.5) is 10.8 Å². The maximum absolute atomic E-state index is 12.7. The average molecular weight is 493 g/mol. The molecule has 6 nitrogen and oxygen atoms in total. The molecule has 2 N–H and O–H groups in total. The lowest BCUT2D eigenvalue weighted by Gasteiger charge is -2.14. The molecule has 3 rings (SSSR count). The molecule has 1 unspecified atom stereocenters. The van der Waals surface area contributed by atoms with E-state index >= 15 is 0 Å². The van der Waals surface area contributed by atoms with Crippen LogP contribution < -0.4 is 10.6 Å². The van der Waals surface area contributed by atoms with Gasteiger partial charge in [0.05, 0.1) is 5.25 Å². The van der Waals surface area contributed by atoms with E-state index < -0.39 is 0 Å². The molecule has 0 radical (unpaired) electrons. The highest BCUT2D eigenvalue weighted by molar-refractivity contribution is 8.00. The molecule has 0 saturated carbocycles. The first-order valence-corrected chi connectivity index (χ1v) is 12.6. The van der Waals surface area contributed by atoms with Gasteiger partial charge in [-0.15, -0.1) is 11.8 Å². The molecule has 0 spiro atoms. The molecule has 2 amide bonds. The van der Waals surface area contributed by atoms with Crippen LogP contribution in [-0.4, -0.2) is 32.2 Å². The summed E-state index contributed by atoms with van der Waals surface area (Å²) in [4.78, 5) is 30.4. The summed E-state index contributed by atoms with van der Waals surface area (Å²) in [5.74, 6) is 0.512. The molecule has 0 fully saturated rings. The summed E-state index contributed by atoms with van der Waals surface area (Å²) in [6.45, 7) is 3.99. The van der Waals surface area contributed by atoms with Gasteiger partial charge in [-0.1, -0.05) is 49.3 Å². The van der Waals surface area contributed by atoms with Crippen LogP contribution >= 0.6 is 46.7 Å². The summed E-state index contributed by atoms with van der Waals surface area (Å²) >= 11 is 10.1. The molecular weight excluding hydrogens is 472 g/mol. The number of carbonyl (C=O) groups is 2. The topological polar surface area (TPSA) is 84.0 Å². The van der Waals surface area contributed by atoms with E-state index in [0.717, 1.165) is 10.6 Å². The van der Waals surface area contributed by atoms with Crippen molar-refractivity contribution in [2.24, 2.45) is 0 Å². The average Bonchev–Trinajstić information content (AvgIpc) is 3.19. The predicted octanol–water partition coefficient (Wildman–Crippen LogP) is 6.07. The summed E-state index contributed by atoms with van der Waals surface area (Å²) in [6, 6.07) is 14.2. The van der Waals surface area contributed by atoms with Crippen LogP contribution in [0, 0.1) is 0 Å². The van der Waals surface area contributed by atoms with Crippen LogP contribution in [0.15, 0.2) is 58.6 Å². The highest BCUT2D eigenvalue weighted by atomic mass is 35.5. The second-order valence-corrected chi connectivity index (χ2v) is 10.0. The van der Waals surface area contributed by atoms with Crippen molar-refractivity contribution >= 4 is 69.3 Å². The third-order valence-electron chi connectivity index (χ3n) is 4.03. The number of benzene rings is 2. The van der Waals surface area contributed by atoms with Crippen LogP contribution in [0.25, 0.3) is 0 Å². The molecule has 0 bridgehead atoms. The molecule has 3 aromatic rings. The fraction of sp³-hybridized carbons (Fsp3) is 0.238. The maximum Gasteiger partial charge on any atom is 0.255 e. The van der Waals surface area contributed by atoms with Crippen molar-refractivity contribution in [2.75, 3.05) is 16.4 Å². The third kappa shape index (κ3) is 6.96. The Bertz CT molecular complexity index is 1060. The Morgan fingerprint density at radius 2 is 1.94 bits per heavy atom. The van der Waals surface area contributed by atoms with Crippen LogP contribution in [0.5, 0.6) is 0 Å². The van der Waals surface area contributed by atoms with E-state index in [1.54, 1.807) is 24.3 Å². The minimum Gasteiger partial charge on any atom is -0.322 e. The Hall–Kier alpha value is -2.07. The summed E-state index contributed by atoms with van der Waals surface area (Å²) in [7, 11) is 0. The Morgan fingerprint density at radius 3 is 2.68 bits per heavy atom. The van der Waals surface area contributed by atoms with E-state index in [1.165, 1.54) is 35.1 Å². The number of amides is 2. The van der Waals surface area contributed by atoms with E-state index in [2.05, 4.69) is 20.0 Å². The quantitative estimate of drug-likeness (QED) is 0.353. The standard InChI is InChI=1S/C21H21ClN4O2S3/c1-3-17(19(28)24-20-25-21(26-31-20)29-4-2)30-16-10-6-9-15(12-16)23-18(27)13-7-5-8-14(22)11-13/h5-12,17H,3-4H2,1-2H3,(H,23,27)(H,24,25,26,28). The molecule has 0 saturated heterocycles. The molecular formula is C21H21ClN4O2S3. The summed E-state index contributed by atoms with van der Waals surface area (Å²) < 4.78 is 4.22. The lowest BCUT2D eigenvalue weighted by atomic mass is 10.2. The van der Waals surface area contributed by atoms with Crippen molar-refractivity contribution in [3.05, 3.63) is 59.1 Å². The van der Waals surface area contributed by atoms with E-state index in [4.69, 9.17) is 11.6 Å². The van der Waals surface area contributed by atoms with Crippen LogP contribution in [0.1, 0.15) is 30.6 Å². The molecule has 162 valence electrons. The van der Waals surface area contributed by atoms with Crippen molar-refractivity contribution in [1.29, 1.82) is 0 Å². The van der Waals surface area contributed by atoms with Crippen molar-refractivity contribution < 1.29 is 9.59 Å². The van der Waals surface area contributed by atoms with Crippen molar-refractivity contribution in [3.63, 3.8) is 0 Å². The van der Waals surface area contributed by atoms with Crippen LogP contribution in [0.3, 0.4) is 0 Å². The number of hydrogen-bond donors (Lipinski definition) is 2. The van der Waals surface area contributed by atoms with Crippen LogP contribution in [0.2, 0.25) is 5.02 Å². The Balaban J connectivity index is 1.63. The van der Waals surface area contributed by atoms with Gasteiger partial charge in [-0.25, -0.2) is 0 Å². The fourth-order valence-corrected chi connectivity index (χ4v) is 5.08. The first-order valence-electron chi connectivity index (χ1n) is 9.59. The summed E-state index contributed by atoms with van der Waals surface area (Å²) in [6.07, 6.45) is 0.644. The van der Waals surface area contributed by atoms with Gasteiger partial charge in [-0.05, 0) is 48.6 Å². The lowest BCUT2D eigenvalue weighted by molar-refractivity contribution is -0.115. The zero-order valence-electron chi connectivity index (χ0n) is 16.9. The number of halogens is 1. The number of rotatable bonds is 9. The first-order chi connectivity index (χ1) is 15.0. The van der Waals surface area contributed by atoms with Gasteiger partial charge in [-0.2, -0.15) is 9.36 Å². The first kappa shape index (κ1) is 23.6. The summed E-state index contributed by atoms with van der Waals surface area (Å²) in [5, 5.41) is 7.10.